The Bertz CT molecular complexity index is 747. The van der Waals surface area contributed by atoms with Gasteiger partial charge in [-0.15, -0.1) is 6.58 Å². The van der Waals surface area contributed by atoms with Gasteiger partial charge in [0, 0.05) is 17.9 Å². The highest BCUT2D eigenvalue weighted by molar-refractivity contribution is 5.91. The maximum absolute atomic E-state index is 11.9. The van der Waals surface area contributed by atoms with Crippen molar-refractivity contribution < 1.29 is 14.3 Å². The second-order valence-corrected chi connectivity index (χ2v) is 9.42. The van der Waals surface area contributed by atoms with Crippen LogP contribution >= 0.6 is 0 Å². The third-order valence-corrected chi connectivity index (χ3v) is 8.65. The summed E-state index contributed by atoms with van der Waals surface area (Å²) in [5.74, 6) is 2.98. The molecule has 0 aromatic rings. The van der Waals surface area contributed by atoms with Gasteiger partial charge in [0.2, 0.25) is 0 Å². The fraction of sp³-hybridized carbons (Fsp3) is 0.652. The van der Waals surface area contributed by atoms with E-state index in [2.05, 4.69) is 25.7 Å². The quantitative estimate of drug-likeness (QED) is 0.519. The first-order valence-corrected chi connectivity index (χ1v) is 10.3. The van der Waals surface area contributed by atoms with Gasteiger partial charge in [-0.2, -0.15) is 0 Å². The third kappa shape index (κ3) is 2.00. The number of hydrogen-bond acceptors (Lipinski definition) is 3. The molecule has 26 heavy (non-hydrogen) atoms. The molecule has 4 aliphatic carbocycles. The molecule has 138 valence electrons. The zero-order chi connectivity index (χ0) is 18.1. The summed E-state index contributed by atoms with van der Waals surface area (Å²) >= 11 is 0. The Morgan fingerprint density at radius 2 is 2.08 bits per heavy atom. The molecule has 7 atom stereocenters. The van der Waals surface area contributed by atoms with E-state index in [9.17, 15) is 9.59 Å². The maximum atomic E-state index is 11.9. The molecule has 3 heteroatoms. The van der Waals surface area contributed by atoms with E-state index in [1.54, 1.807) is 6.08 Å². The van der Waals surface area contributed by atoms with Crippen molar-refractivity contribution in [3.63, 3.8) is 0 Å². The van der Waals surface area contributed by atoms with Crippen LogP contribution in [0.3, 0.4) is 0 Å². The number of allylic oxidation sites excluding steroid dienone is 2. The molecule has 0 N–H and O–H groups in total. The number of fused-ring (bicyclic) bond motifs is 6. The molecule has 3 saturated carbocycles. The highest BCUT2D eigenvalue weighted by atomic mass is 16.6. The van der Waals surface area contributed by atoms with Crippen molar-refractivity contribution in [1.29, 1.82) is 0 Å². The maximum Gasteiger partial charge on any atom is 0.331 e. The van der Waals surface area contributed by atoms with Crippen molar-refractivity contribution in [2.24, 2.45) is 35.0 Å². The van der Waals surface area contributed by atoms with Crippen molar-refractivity contribution in [3.05, 3.63) is 36.5 Å². The number of ketones is 1. The van der Waals surface area contributed by atoms with E-state index >= 15 is 0 Å². The number of rotatable bonds is 1. The van der Waals surface area contributed by atoms with E-state index < -0.39 is 0 Å². The van der Waals surface area contributed by atoms with Crippen LogP contribution in [0.1, 0.15) is 51.9 Å². The van der Waals surface area contributed by atoms with E-state index in [4.69, 9.17) is 4.74 Å². The highest BCUT2D eigenvalue weighted by Crippen LogP contribution is 2.67. The number of esters is 1. The summed E-state index contributed by atoms with van der Waals surface area (Å²) < 4.78 is 5.92. The van der Waals surface area contributed by atoms with Crippen molar-refractivity contribution in [2.45, 2.75) is 57.5 Å². The molecule has 1 heterocycles. The van der Waals surface area contributed by atoms with Gasteiger partial charge in [0.25, 0.3) is 0 Å². The normalized spacial score (nSPS) is 49.3. The zero-order valence-corrected chi connectivity index (χ0v) is 15.6. The second-order valence-electron chi connectivity index (χ2n) is 9.42. The van der Waals surface area contributed by atoms with Crippen LogP contribution in [0, 0.1) is 35.0 Å². The molecule has 0 saturated heterocycles. The molecular formula is C23H28O3. The highest BCUT2D eigenvalue weighted by Gasteiger charge is 2.65. The SMILES string of the molecule is C=CC1CC2=CC(=O)CCC2C2CC[C@@]3(C)C(CC[C@@]34C=CC(=O)O4)C12. The molecule has 5 unspecified atom stereocenters. The predicted molar refractivity (Wildman–Crippen MR) is 99.1 cm³/mol. The molecule has 3 fully saturated rings. The summed E-state index contributed by atoms with van der Waals surface area (Å²) in [7, 11) is 0. The van der Waals surface area contributed by atoms with E-state index in [1.807, 2.05) is 6.08 Å². The van der Waals surface area contributed by atoms with Crippen molar-refractivity contribution >= 4 is 11.8 Å². The zero-order valence-electron chi connectivity index (χ0n) is 15.6. The number of ether oxygens (including phenoxy) is 1. The molecule has 5 aliphatic rings. The van der Waals surface area contributed by atoms with E-state index in [0.29, 0.717) is 41.8 Å². The average molecular weight is 352 g/mol. The Kier molecular flexibility index (Phi) is 3.45. The van der Waals surface area contributed by atoms with Crippen LogP contribution in [0.5, 0.6) is 0 Å². The van der Waals surface area contributed by atoms with Crippen molar-refractivity contribution in [3.8, 4) is 0 Å². The van der Waals surface area contributed by atoms with Gasteiger partial charge in [0.05, 0.1) is 0 Å². The summed E-state index contributed by atoms with van der Waals surface area (Å²) in [6.07, 6.45) is 14.9. The molecule has 5 rings (SSSR count). The molecule has 1 spiro atoms. The minimum absolute atomic E-state index is 0.0315. The Hall–Kier alpha value is -1.64. The fourth-order valence-electron chi connectivity index (χ4n) is 7.45. The topological polar surface area (TPSA) is 43.4 Å². The van der Waals surface area contributed by atoms with Crippen LogP contribution in [-0.4, -0.2) is 17.4 Å². The van der Waals surface area contributed by atoms with Crippen LogP contribution in [-0.2, 0) is 14.3 Å². The largest absolute Gasteiger partial charge is 0.451 e. The Morgan fingerprint density at radius 1 is 1.23 bits per heavy atom. The smallest absolute Gasteiger partial charge is 0.331 e. The van der Waals surface area contributed by atoms with Gasteiger partial charge in [-0.05, 0) is 80.3 Å². The summed E-state index contributed by atoms with van der Waals surface area (Å²) in [6, 6.07) is 0. The first kappa shape index (κ1) is 16.5. The van der Waals surface area contributed by atoms with Crippen LogP contribution in [0.25, 0.3) is 0 Å². The molecule has 0 bridgehead atoms. The lowest BCUT2D eigenvalue weighted by Gasteiger charge is -2.57. The van der Waals surface area contributed by atoms with E-state index in [-0.39, 0.29) is 17.0 Å². The predicted octanol–water partition coefficient (Wildman–Crippen LogP) is 4.39. The van der Waals surface area contributed by atoms with Crippen LogP contribution in [0.15, 0.2) is 36.5 Å². The number of hydrogen-bond donors (Lipinski definition) is 0. The summed E-state index contributed by atoms with van der Waals surface area (Å²) in [5.41, 5.74) is 1.03. The molecule has 1 aliphatic heterocycles. The minimum Gasteiger partial charge on any atom is -0.451 e. The average Bonchev–Trinajstić information content (AvgIpc) is 3.14. The minimum atomic E-state index is -0.385. The molecular weight excluding hydrogens is 324 g/mol. The van der Waals surface area contributed by atoms with Gasteiger partial charge in [-0.1, -0.05) is 18.6 Å². The lowest BCUT2D eigenvalue weighted by molar-refractivity contribution is -0.162. The van der Waals surface area contributed by atoms with Crippen molar-refractivity contribution in [2.75, 3.05) is 0 Å². The summed E-state index contributed by atoms with van der Waals surface area (Å²) in [5, 5.41) is 0. The van der Waals surface area contributed by atoms with Gasteiger partial charge >= 0.3 is 5.97 Å². The Morgan fingerprint density at radius 3 is 2.81 bits per heavy atom. The molecule has 0 radical (unpaired) electrons. The van der Waals surface area contributed by atoms with E-state index in [0.717, 1.165) is 32.1 Å². The lowest BCUT2D eigenvalue weighted by atomic mass is 9.48. The van der Waals surface area contributed by atoms with Gasteiger partial charge in [0.15, 0.2) is 5.78 Å². The standard InChI is InChI=1S/C23H28O3/c1-3-14-12-15-13-16(24)4-5-17(15)18-6-9-22(2)19(21(14)18)7-10-23(22)11-8-20(25)26-23/h3,8,11,13-14,17-19,21H,1,4-7,9-10,12H2,2H3/t14?,17?,18?,19?,21?,22-,23+/m0/s1. The Balaban J connectivity index is 1.53. The number of carbonyl (C=O) groups excluding carboxylic acids is 2. The third-order valence-electron chi connectivity index (χ3n) is 8.65. The van der Waals surface area contributed by atoms with Crippen LogP contribution < -0.4 is 0 Å². The van der Waals surface area contributed by atoms with Crippen LogP contribution in [0.2, 0.25) is 0 Å². The van der Waals surface area contributed by atoms with Crippen LogP contribution in [0.4, 0.5) is 0 Å². The second kappa shape index (κ2) is 5.43. The monoisotopic (exact) mass is 352 g/mol. The Labute approximate surface area is 155 Å². The fourth-order valence-corrected chi connectivity index (χ4v) is 7.45. The molecule has 0 aromatic heterocycles. The van der Waals surface area contributed by atoms with Gasteiger partial charge in [0.1, 0.15) is 5.60 Å². The summed E-state index contributed by atoms with van der Waals surface area (Å²) in [6.45, 7) is 6.52. The summed E-state index contributed by atoms with van der Waals surface area (Å²) in [4.78, 5) is 23.8. The molecule has 3 nitrogen and oxygen atoms in total. The van der Waals surface area contributed by atoms with E-state index in [1.165, 1.54) is 12.0 Å². The lowest BCUT2D eigenvalue weighted by Crippen LogP contribution is -2.54. The first-order chi connectivity index (χ1) is 12.5. The van der Waals surface area contributed by atoms with Gasteiger partial charge in [-0.25, -0.2) is 4.79 Å². The van der Waals surface area contributed by atoms with Gasteiger partial charge in [-0.3, -0.25) is 4.79 Å². The van der Waals surface area contributed by atoms with Gasteiger partial charge < -0.3 is 4.74 Å². The number of carbonyl (C=O) groups is 2. The van der Waals surface area contributed by atoms with Crippen molar-refractivity contribution in [1.82, 2.24) is 0 Å². The first-order valence-electron chi connectivity index (χ1n) is 10.3. The molecule has 0 amide bonds. The molecule has 0 aromatic carbocycles.